The summed E-state index contributed by atoms with van der Waals surface area (Å²) in [6, 6.07) is 4.43. The van der Waals surface area contributed by atoms with Gasteiger partial charge in [0.15, 0.2) is 0 Å². The Morgan fingerprint density at radius 3 is 2.76 bits per heavy atom. The molecule has 0 aliphatic rings. The summed E-state index contributed by atoms with van der Waals surface area (Å²) in [5, 5.41) is 3.17. The molecule has 0 bridgehead atoms. The van der Waals surface area contributed by atoms with Gasteiger partial charge in [-0.25, -0.2) is 14.4 Å². The maximum Gasteiger partial charge on any atom is 0.224 e. The van der Waals surface area contributed by atoms with Crippen molar-refractivity contribution in [2.24, 2.45) is 0 Å². The Labute approximate surface area is 108 Å². The van der Waals surface area contributed by atoms with Gasteiger partial charge in [0.1, 0.15) is 11.6 Å². The summed E-state index contributed by atoms with van der Waals surface area (Å²) < 4.78 is 13.5. The van der Waals surface area contributed by atoms with Crippen LogP contribution in [-0.4, -0.2) is 9.97 Å². The molecule has 1 N–H and O–H groups in total. The molecule has 3 nitrogen and oxygen atoms in total. The number of anilines is 2. The van der Waals surface area contributed by atoms with E-state index < -0.39 is 5.82 Å². The molecule has 1 heterocycles. The smallest absolute Gasteiger partial charge is 0.224 e. The lowest BCUT2D eigenvalue weighted by Gasteiger charge is -2.10. The van der Waals surface area contributed by atoms with Gasteiger partial charge >= 0.3 is 0 Å². The first-order valence-corrected chi connectivity index (χ1v) is 5.53. The molecule has 0 radical (unpaired) electrons. The first-order chi connectivity index (χ1) is 8.08. The first-order valence-electron chi connectivity index (χ1n) is 4.78. The third-order valence-electron chi connectivity index (χ3n) is 2.15. The number of rotatable bonds is 2. The summed E-state index contributed by atoms with van der Waals surface area (Å²) in [6.45, 7) is 1.79. The standard InChI is InChI=1S/C11H8Cl2FN3/c1-6-5-15-11(13)17-10(6)16-9-7(12)3-2-4-8(9)14/h2-5H,1H3,(H,15,16,17). The highest BCUT2D eigenvalue weighted by Gasteiger charge is 2.09. The van der Waals surface area contributed by atoms with Gasteiger partial charge in [0, 0.05) is 11.8 Å². The number of halogens is 3. The number of hydrogen-bond acceptors (Lipinski definition) is 3. The molecule has 0 amide bonds. The van der Waals surface area contributed by atoms with Crippen molar-refractivity contribution >= 4 is 34.7 Å². The molecule has 0 saturated carbocycles. The zero-order valence-corrected chi connectivity index (χ0v) is 10.3. The molecule has 2 rings (SSSR count). The van der Waals surface area contributed by atoms with Crippen LogP contribution in [0.5, 0.6) is 0 Å². The highest BCUT2D eigenvalue weighted by molar-refractivity contribution is 6.33. The number of hydrogen-bond donors (Lipinski definition) is 1. The molecule has 88 valence electrons. The maximum atomic E-state index is 13.5. The van der Waals surface area contributed by atoms with Crippen LogP contribution >= 0.6 is 23.2 Å². The summed E-state index contributed by atoms with van der Waals surface area (Å²) in [7, 11) is 0. The molecular weight excluding hydrogens is 264 g/mol. The van der Waals surface area contributed by atoms with Crippen LogP contribution in [0, 0.1) is 12.7 Å². The summed E-state index contributed by atoms with van der Waals surface area (Å²) in [5.41, 5.74) is 0.917. The number of nitrogens with zero attached hydrogens (tertiary/aromatic N) is 2. The van der Waals surface area contributed by atoms with E-state index in [1.807, 2.05) is 0 Å². The lowest BCUT2D eigenvalue weighted by molar-refractivity contribution is 0.632. The second kappa shape index (κ2) is 4.85. The van der Waals surface area contributed by atoms with E-state index in [4.69, 9.17) is 23.2 Å². The molecule has 0 unspecified atom stereocenters. The third-order valence-corrected chi connectivity index (χ3v) is 2.65. The van der Waals surface area contributed by atoms with Crippen LogP contribution in [0.2, 0.25) is 10.3 Å². The van der Waals surface area contributed by atoms with Gasteiger partial charge < -0.3 is 5.32 Å². The number of para-hydroxylation sites is 1. The Bertz CT molecular complexity index is 540. The van der Waals surface area contributed by atoms with Crippen molar-refractivity contribution in [2.45, 2.75) is 6.92 Å². The lowest BCUT2D eigenvalue weighted by atomic mass is 10.3. The molecule has 0 atom stereocenters. The van der Waals surface area contributed by atoms with E-state index >= 15 is 0 Å². The van der Waals surface area contributed by atoms with Crippen LogP contribution in [0.3, 0.4) is 0 Å². The number of nitrogens with one attached hydrogen (secondary N) is 1. The van der Waals surface area contributed by atoms with E-state index in [1.54, 1.807) is 19.2 Å². The Morgan fingerprint density at radius 1 is 1.29 bits per heavy atom. The van der Waals surface area contributed by atoms with E-state index in [0.29, 0.717) is 5.82 Å². The zero-order valence-electron chi connectivity index (χ0n) is 8.84. The Kier molecular flexibility index (Phi) is 3.45. The molecule has 17 heavy (non-hydrogen) atoms. The summed E-state index contributed by atoms with van der Waals surface area (Å²) >= 11 is 11.6. The first kappa shape index (κ1) is 12.1. The number of aromatic nitrogens is 2. The van der Waals surface area contributed by atoms with Gasteiger partial charge in [-0.1, -0.05) is 17.7 Å². The van der Waals surface area contributed by atoms with E-state index in [0.717, 1.165) is 5.56 Å². The fourth-order valence-electron chi connectivity index (χ4n) is 1.28. The quantitative estimate of drug-likeness (QED) is 0.840. The Hall–Kier alpha value is -1.39. The average Bonchev–Trinajstić information content (AvgIpc) is 2.28. The lowest BCUT2D eigenvalue weighted by Crippen LogP contribution is -2.00. The molecule has 2 aromatic rings. The minimum Gasteiger partial charge on any atom is -0.336 e. The van der Waals surface area contributed by atoms with Crippen molar-refractivity contribution in [3.05, 3.63) is 46.1 Å². The topological polar surface area (TPSA) is 37.8 Å². The molecule has 1 aromatic heterocycles. The van der Waals surface area contributed by atoms with Gasteiger partial charge in [0.05, 0.1) is 10.7 Å². The van der Waals surface area contributed by atoms with Gasteiger partial charge in [-0.3, -0.25) is 0 Å². The van der Waals surface area contributed by atoms with Gasteiger partial charge in [-0.2, -0.15) is 0 Å². The zero-order chi connectivity index (χ0) is 12.4. The molecule has 0 aliphatic carbocycles. The number of benzene rings is 1. The fraction of sp³-hybridized carbons (Fsp3) is 0.0909. The Balaban J connectivity index is 2.41. The summed E-state index contributed by atoms with van der Waals surface area (Å²) in [6.07, 6.45) is 1.55. The highest BCUT2D eigenvalue weighted by atomic mass is 35.5. The van der Waals surface area contributed by atoms with Crippen LogP contribution in [0.25, 0.3) is 0 Å². The predicted molar refractivity (Wildman–Crippen MR) is 66.5 cm³/mol. The second-order valence-corrected chi connectivity index (χ2v) is 4.14. The summed E-state index contributed by atoms with van der Waals surface area (Å²) in [4.78, 5) is 7.78. The van der Waals surface area contributed by atoms with Crippen LogP contribution in [-0.2, 0) is 0 Å². The van der Waals surface area contributed by atoms with Gasteiger partial charge in [0.2, 0.25) is 5.28 Å². The van der Waals surface area contributed by atoms with E-state index in [-0.39, 0.29) is 16.0 Å². The molecule has 6 heteroatoms. The van der Waals surface area contributed by atoms with Crippen molar-refractivity contribution in [3.63, 3.8) is 0 Å². The van der Waals surface area contributed by atoms with Crippen molar-refractivity contribution in [3.8, 4) is 0 Å². The fourth-order valence-corrected chi connectivity index (χ4v) is 1.63. The summed E-state index contributed by atoms with van der Waals surface area (Å²) in [5.74, 6) is -0.0244. The molecule has 0 fully saturated rings. The van der Waals surface area contributed by atoms with Crippen LogP contribution in [0.15, 0.2) is 24.4 Å². The van der Waals surface area contributed by atoms with Gasteiger partial charge in [-0.15, -0.1) is 0 Å². The largest absolute Gasteiger partial charge is 0.336 e. The van der Waals surface area contributed by atoms with Crippen molar-refractivity contribution < 1.29 is 4.39 Å². The molecule has 1 aromatic carbocycles. The SMILES string of the molecule is Cc1cnc(Cl)nc1Nc1c(F)cccc1Cl. The van der Waals surface area contributed by atoms with Crippen molar-refractivity contribution in [1.82, 2.24) is 9.97 Å². The second-order valence-electron chi connectivity index (χ2n) is 3.39. The average molecular weight is 272 g/mol. The van der Waals surface area contributed by atoms with Gasteiger partial charge in [0.25, 0.3) is 0 Å². The van der Waals surface area contributed by atoms with Crippen molar-refractivity contribution in [1.29, 1.82) is 0 Å². The van der Waals surface area contributed by atoms with E-state index in [1.165, 1.54) is 12.1 Å². The molecule has 0 saturated heterocycles. The number of aryl methyl sites for hydroxylation is 1. The van der Waals surface area contributed by atoms with Crippen LogP contribution < -0.4 is 5.32 Å². The van der Waals surface area contributed by atoms with Gasteiger partial charge in [-0.05, 0) is 30.7 Å². The molecule has 0 aliphatic heterocycles. The van der Waals surface area contributed by atoms with E-state index in [2.05, 4.69) is 15.3 Å². The molecule has 0 spiro atoms. The monoisotopic (exact) mass is 271 g/mol. The third kappa shape index (κ3) is 2.65. The highest BCUT2D eigenvalue weighted by Crippen LogP contribution is 2.28. The predicted octanol–water partition coefficient (Wildman–Crippen LogP) is 3.97. The minimum atomic E-state index is -0.452. The van der Waals surface area contributed by atoms with Crippen molar-refractivity contribution in [2.75, 3.05) is 5.32 Å². The Morgan fingerprint density at radius 2 is 2.06 bits per heavy atom. The maximum absolute atomic E-state index is 13.5. The molecular formula is C11H8Cl2FN3. The van der Waals surface area contributed by atoms with Crippen LogP contribution in [0.1, 0.15) is 5.56 Å². The van der Waals surface area contributed by atoms with Crippen LogP contribution in [0.4, 0.5) is 15.9 Å². The normalized spacial score (nSPS) is 10.4. The minimum absolute atomic E-state index is 0.0885. The van der Waals surface area contributed by atoms with E-state index in [9.17, 15) is 4.39 Å².